The van der Waals surface area contributed by atoms with Gasteiger partial charge in [0.25, 0.3) is 0 Å². The molecule has 1 aliphatic heterocycles. The highest BCUT2D eigenvalue weighted by Crippen LogP contribution is 2.26. The molecule has 1 aliphatic rings. The van der Waals surface area contributed by atoms with Gasteiger partial charge in [0.05, 0.1) is 0 Å². The van der Waals surface area contributed by atoms with Crippen molar-refractivity contribution < 1.29 is 9.36 Å². The smallest absolute Gasteiger partial charge is 0.290 e. The van der Waals surface area contributed by atoms with Crippen molar-refractivity contribution in [3.8, 4) is 0 Å². The van der Waals surface area contributed by atoms with E-state index in [0.717, 1.165) is 0 Å². The molecule has 0 spiro atoms. The van der Waals surface area contributed by atoms with Crippen molar-refractivity contribution in [2.75, 3.05) is 6.16 Å². The summed E-state index contributed by atoms with van der Waals surface area (Å²) in [6.45, 7) is 0. The van der Waals surface area contributed by atoms with Gasteiger partial charge in [0.1, 0.15) is 0 Å². The molecule has 0 aromatic rings. The van der Waals surface area contributed by atoms with Crippen LogP contribution in [-0.2, 0) is 9.36 Å². The summed E-state index contributed by atoms with van der Waals surface area (Å²) >= 11 is 0. The molecule has 3 heteroatoms. The molecule has 0 aromatic heterocycles. The van der Waals surface area contributed by atoms with Gasteiger partial charge in [-0.2, -0.15) is 0 Å². The van der Waals surface area contributed by atoms with Crippen LogP contribution in [0.1, 0.15) is 0 Å². The highest BCUT2D eigenvalue weighted by molar-refractivity contribution is 7.50. The number of carbonyl (C=O) groups excluding carboxylic acids is 1. The zero-order valence-corrected chi connectivity index (χ0v) is 4.52. The topological polar surface area (TPSA) is 34.1 Å². The van der Waals surface area contributed by atoms with E-state index in [1.807, 2.05) is 0 Å². The van der Waals surface area contributed by atoms with E-state index in [2.05, 4.69) is 0 Å². The molecule has 36 valence electrons. The number of carbonyl (C=O) groups is 1. The van der Waals surface area contributed by atoms with Crippen LogP contribution in [0, 0.1) is 0 Å². The lowest BCUT2D eigenvalue weighted by atomic mass is 10.5. The van der Waals surface area contributed by atoms with E-state index in [-0.39, 0.29) is 11.9 Å². The Morgan fingerprint density at radius 1 is 1.71 bits per heavy atom. The van der Waals surface area contributed by atoms with Crippen molar-refractivity contribution in [1.82, 2.24) is 0 Å². The summed E-state index contributed by atoms with van der Waals surface area (Å²) in [4.78, 5) is 10.2. The summed E-state index contributed by atoms with van der Waals surface area (Å²) in [5.74, 6) is 1.44. The molecule has 0 bridgehead atoms. The Morgan fingerprint density at radius 3 is 2.57 bits per heavy atom. The molecule has 0 aromatic carbocycles. The first kappa shape index (κ1) is 4.66. The lowest BCUT2D eigenvalue weighted by Crippen LogP contribution is -1.86. The quantitative estimate of drug-likeness (QED) is 0.439. The molecule has 0 fully saturated rings. The van der Waals surface area contributed by atoms with Gasteiger partial charge in [-0.3, -0.25) is 4.79 Å². The minimum atomic E-state index is -1.28. The Hall–Kier alpha value is -0.490. The molecule has 1 atom stereocenters. The van der Waals surface area contributed by atoms with Crippen LogP contribution in [0.5, 0.6) is 0 Å². The molecule has 0 saturated carbocycles. The average Bonchev–Trinajstić information content (AvgIpc) is 1.87. The number of rotatable bonds is 0. The van der Waals surface area contributed by atoms with Crippen molar-refractivity contribution in [3.05, 3.63) is 11.9 Å². The van der Waals surface area contributed by atoms with Crippen LogP contribution in [0.2, 0.25) is 0 Å². The SMILES string of the molecule is O=C1C=C[P+](=O)C1. The van der Waals surface area contributed by atoms with Crippen molar-refractivity contribution in [2.24, 2.45) is 0 Å². The van der Waals surface area contributed by atoms with E-state index < -0.39 is 7.80 Å². The minimum absolute atomic E-state index is 0.0129. The van der Waals surface area contributed by atoms with Gasteiger partial charge >= 0.3 is 7.80 Å². The highest BCUT2D eigenvalue weighted by atomic mass is 31.1. The number of hydrogen-bond acceptors (Lipinski definition) is 2. The van der Waals surface area contributed by atoms with Gasteiger partial charge in [0.2, 0.25) is 11.9 Å². The zero-order valence-electron chi connectivity index (χ0n) is 3.63. The Morgan fingerprint density at radius 2 is 2.43 bits per heavy atom. The third kappa shape index (κ3) is 0.937. The van der Waals surface area contributed by atoms with Crippen LogP contribution in [0.3, 0.4) is 0 Å². The third-order valence-corrected chi connectivity index (χ3v) is 1.84. The minimum Gasteiger partial charge on any atom is -0.290 e. The van der Waals surface area contributed by atoms with Gasteiger partial charge in [-0.1, -0.05) is 4.57 Å². The molecule has 1 rings (SSSR count). The fourth-order valence-corrected chi connectivity index (χ4v) is 1.28. The van der Waals surface area contributed by atoms with Crippen LogP contribution in [0.25, 0.3) is 0 Å². The third-order valence-electron chi connectivity index (χ3n) is 0.738. The van der Waals surface area contributed by atoms with Crippen molar-refractivity contribution in [1.29, 1.82) is 0 Å². The van der Waals surface area contributed by atoms with E-state index in [9.17, 15) is 9.36 Å². The number of ketones is 1. The summed E-state index contributed by atoms with van der Waals surface area (Å²) in [5.41, 5.74) is 0. The molecule has 0 radical (unpaired) electrons. The van der Waals surface area contributed by atoms with Crippen molar-refractivity contribution >= 4 is 13.6 Å². The first-order valence-electron chi connectivity index (χ1n) is 1.94. The normalized spacial score (nSPS) is 24.0. The first-order valence-corrected chi connectivity index (χ1v) is 3.45. The summed E-state index contributed by atoms with van der Waals surface area (Å²) in [7, 11) is -1.28. The van der Waals surface area contributed by atoms with E-state index in [1.165, 1.54) is 11.9 Å². The maximum Gasteiger partial charge on any atom is 0.377 e. The van der Waals surface area contributed by atoms with E-state index in [4.69, 9.17) is 0 Å². The predicted octanol–water partition coefficient (Wildman–Crippen LogP) is 0.910. The monoisotopic (exact) mass is 115 g/mol. The highest BCUT2D eigenvalue weighted by Gasteiger charge is 2.22. The van der Waals surface area contributed by atoms with Crippen LogP contribution in [0.15, 0.2) is 11.9 Å². The summed E-state index contributed by atoms with van der Waals surface area (Å²) < 4.78 is 10.3. The molecular weight excluding hydrogens is 111 g/mol. The average molecular weight is 115 g/mol. The molecule has 2 nitrogen and oxygen atoms in total. The van der Waals surface area contributed by atoms with Crippen LogP contribution in [-0.4, -0.2) is 11.9 Å². The Balaban J connectivity index is 2.76. The summed E-state index contributed by atoms with van der Waals surface area (Å²) in [6.07, 6.45) is 1.61. The zero-order chi connectivity index (χ0) is 5.28. The molecule has 0 saturated heterocycles. The molecule has 1 unspecified atom stereocenters. The van der Waals surface area contributed by atoms with Gasteiger partial charge in [-0.25, -0.2) is 0 Å². The summed E-state index contributed by atoms with van der Waals surface area (Å²) in [5, 5.41) is 0. The Bertz CT molecular complexity index is 132. The lowest BCUT2D eigenvalue weighted by Gasteiger charge is -1.61. The fraction of sp³-hybridized carbons (Fsp3) is 0.250. The summed E-state index contributed by atoms with van der Waals surface area (Å²) in [6, 6.07) is 0. The van der Waals surface area contributed by atoms with Crippen LogP contribution in [0.4, 0.5) is 0 Å². The standard InChI is InChI=1S/C4H4O2P/c5-4-1-2-7(6)3-4/h1-2H,3H2/q+1. The van der Waals surface area contributed by atoms with Gasteiger partial charge in [0, 0.05) is 6.08 Å². The van der Waals surface area contributed by atoms with E-state index in [0.29, 0.717) is 0 Å². The van der Waals surface area contributed by atoms with Gasteiger partial charge in [-0.05, 0) is 0 Å². The molecule has 7 heavy (non-hydrogen) atoms. The van der Waals surface area contributed by atoms with Crippen LogP contribution >= 0.6 is 7.80 Å². The maximum atomic E-state index is 10.3. The second-order valence-corrected chi connectivity index (χ2v) is 2.81. The Kier molecular flexibility index (Phi) is 1.03. The Labute approximate surface area is 42.0 Å². The first-order chi connectivity index (χ1) is 3.29. The van der Waals surface area contributed by atoms with Gasteiger partial charge in [0.15, 0.2) is 5.82 Å². The fourth-order valence-electron chi connectivity index (χ4n) is 0.425. The second kappa shape index (κ2) is 1.55. The largest absolute Gasteiger partial charge is 0.377 e. The van der Waals surface area contributed by atoms with Crippen LogP contribution < -0.4 is 0 Å². The number of allylic oxidation sites excluding steroid dienone is 1. The molecular formula is C4H4O2P+. The van der Waals surface area contributed by atoms with Gasteiger partial charge < -0.3 is 0 Å². The van der Waals surface area contributed by atoms with E-state index >= 15 is 0 Å². The molecule has 0 N–H and O–H groups in total. The second-order valence-electron chi connectivity index (χ2n) is 1.36. The lowest BCUT2D eigenvalue weighted by molar-refractivity contribution is -0.112. The number of hydrogen-bond donors (Lipinski definition) is 0. The van der Waals surface area contributed by atoms with Crippen molar-refractivity contribution in [2.45, 2.75) is 0 Å². The molecule has 1 heterocycles. The van der Waals surface area contributed by atoms with E-state index in [1.54, 1.807) is 0 Å². The predicted molar refractivity (Wildman–Crippen MR) is 26.6 cm³/mol. The molecule has 0 aliphatic carbocycles. The maximum absolute atomic E-state index is 10.3. The van der Waals surface area contributed by atoms with Crippen molar-refractivity contribution in [3.63, 3.8) is 0 Å². The van der Waals surface area contributed by atoms with Gasteiger partial charge in [-0.15, -0.1) is 0 Å². The molecule has 0 amide bonds.